The van der Waals surface area contributed by atoms with Gasteiger partial charge in [-0.05, 0) is 158 Å². The summed E-state index contributed by atoms with van der Waals surface area (Å²) in [6.07, 6.45) is 3.71. The Hall–Kier alpha value is -11.4. The number of nitrogens with zero attached hydrogens (tertiary/aromatic N) is 2. The molecule has 1 N–H and O–H groups in total. The van der Waals surface area contributed by atoms with Crippen molar-refractivity contribution < 1.29 is 52.5 Å². The summed E-state index contributed by atoms with van der Waals surface area (Å²) in [7, 11) is 8.02. The quantitative estimate of drug-likeness (QED) is 0.0406. The van der Waals surface area contributed by atoms with Gasteiger partial charge in [0, 0.05) is 23.5 Å². The second-order valence-corrected chi connectivity index (χ2v) is 22.5. The zero-order valence-corrected chi connectivity index (χ0v) is 54.2. The first-order valence-corrected chi connectivity index (χ1v) is 31.3. The van der Waals surface area contributed by atoms with Gasteiger partial charge in [-0.15, -0.1) is 0 Å². The molecule has 13 heteroatoms. The number of pyridine rings is 2. The van der Waals surface area contributed by atoms with Crippen molar-refractivity contribution in [2.75, 3.05) is 35.5 Å². The van der Waals surface area contributed by atoms with Crippen molar-refractivity contribution in [2.24, 2.45) is 0 Å². The SMILES string of the molecule is COC(=O)c1cccc(COc2cccc(-c3ccc(COC(c4ccccc4)(c4ccc(OC)cc4)c4ccc(OC)cc4)cn3)c2)c1.COc1ccc(C(OCc2ccc(-c3cccc(OCc4cccc(CO)c4)c3)nc2)(c2ccccc2)c2ccc(OC)cc2)cc1. The molecule has 0 atom stereocenters. The molecule has 0 spiro atoms. The molecular formula is C83H74N2O11. The number of benzene rings is 10. The molecule has 0 aliphatic rings. The van der Waals surface area contributed by atoms with E-state index in [1.807, 2.05) is 231 Å². The predicted molar refractivity (Wildman–Crippen MR) is 372 cm³/mol. The molecule has 0 amide bonds. The van der Waals surface area contributed by atoms with Crippen LogP contribution >= 0.6 is 0 Å². The van der Waals surface area contributed by atoms with Gasteiger partial charge in [0.25, 0.3) is 0 Å². The van der Waals surface area contributed by atoms with Crippen LogP contribution in [0, 0.1) is 0 Å². The summed E-state index contributed by atoms with van der Waals surface area (Å²) in [5.41, 5.74) is 12.6. The highest BCUT2D eigenvalue weighted by Gasteiger charge is 2.39. The van der Waals surface area contributed by atoms with E-state index in [1.54, 1.807) is 40.6 Å². The van der Waals surface area contributed by atoms with E-state index in [2.05, 4.69) is 48.5 Å². The van der Waals surface area contributed by atoms with Crippen LogP contribution in [0.2, 0.25) is 0 Å². The number of rotatable bonds is 26. The van der Waals surface area contributed by atoms with Gasteiger partial charge in [0.15, 0.2) is 0 Å². The lowest BCUT2D eigenvalue weighted by molar-refractivity contribution is -0.000000546. The summed E-state index contributed by atoms with van der Waals surface area (Å²) in [6, 6.07) is 91.2. The molecule has 13 nitrogen and oxygen atoms in total. The van der Waals surface area contributed by atoms with Gasteiger partial charge in [0.1, 0.15) is 58.9 Å². The molecule has 96 heavy (non-hydrogen) atoms. The van der Waals surface area contributed by atoms with Gasteiger partial charge in [-0.25, -0.2) is 4.79 Å². The second kappa shape index (κ2) is 32.0. The Kier molecular flexibility index (Phi) is 22.0. The first-order chi connectivity index (χ1) is 47.1. The van der Waals surface area contributed by atoms with Crippen LogP contribution in [-0.4, -0.2) is 56.6 Å². The Balaban J connectivity index is 0.000000195. The van der Waals surface area contributed by atoms with Crippen molar-refractivity contribution in [1.29, 1.82) is 0 Å². The first kappa shape index (κ1) is 66.1. The maximum absolute atomic E-state index is 11.9. The summed E-state index contributed by atoms with van der Waals surface area (Å²) >= 11 is 0. The lowest BCUT2D eigenvalue weighted by Crippen LogP contribution is -2.32. The normalized spacial score (nSPS) is 11.1. The van der Waals surface area contributed by atoms with E-state index in [0.29, 0.717) is 37.7 Å². The number of carbonyl (C=O) groups is 1. The van der Waals surface area contributed by atoms with E-state index in [0.717, 1.165) is 112 Å². The number of aromatic nitrogens is 2. The first-order valence-electron chi connectivity index (χ1n) is 31.3. The molecule has 0 radical (unpaired) electrons. The topological polar surface area (TPSA) is 146 Å². The van der Waals surface area contributed by atoms with Crippen LogP contribution in [0.15, 0.2) is 291 Å². The third-order valence-electron chi connectivity index (χ3n) is 16.5. The Morgan fingerprint density at radius 3 is 1.06 bits per heavy atom. The monoisotopic (exact) mass is 1270 g/mol. The molecule has 0 saturated heterocycles. The van der Waals surface area contributed by atoms with Crippen LogP contribution in [0.1, 0.15) is 71.6 Å². The zero-order valence-electron chi connectivity index (χ0n) is 54.2. The number of carbonyl (C=O) groups excluding carboxylic acids is 1. The average molecular weight is 1280 g/mol. The molecule has 482 valence electrons. The van der Waals surface area contributed by atoms with Crippen molar-refractivity contribution in [3.8, 4) is 57.0 Å². The van der Waals surface area contributed by atoms with E-state index in [4.69, 9.17) is 52.6 Å². The second-order valence-electron chi connectivity index (χ2n) is 22.5. The summed E-state index contributed by atoms with van der Waals surface area (Å²) < 4.78 is 52.9. The van der Waals surface area contributed by atoms with Gasteiger partial charge < -0.3 is 47.7 Å². The largest absolute Gasteiger partial charge is 0.497 e. The number of esters is 1. The van der Waals surface area contributed by atoms with Crippen molar-refractivity contribution in [3.05, 3.63) is 358 Å². The van der Waals surface area contributed by atoms with Gasteiger partial charge in [-0.2, -0.15) is 0 Å². The van der Waals surface area contributed by atoms with E-state index in [1.165, 1.54) is 7.11 Å². The molecule has 0 fully saturated rings. The minimum absolute atomic E-state index is 0.00619. The number of aliphatic hydroxyl groups excluding tert-OH is 1. The van der Waals surface area contributed by atoms with Crippen LogP contribution in [0.4, 0.5) is 0 Å². The van der Waals surface area contributed by atoms with Crippen LogP contribution in [-0.2, 0) is 58.4 Å². The maximum Gasteiger partial charge on any atom is 0.337 e. The van der Waals surface area contributed by atoms with Gasteiger partial charge in [0.2, 0.25) is 0 Å². The number of hydrogen-bond donors (Lipinski definition) is 1. The van der Waals surface area contributed by atoms with Gasteiger partial charge >= 0.3 is 5.97 Å². The lowest BCUT2D eigenvalue weighted by Gasteiger charge is -2.36. The molecule has 12 aromatic rings. The van der Waals surface area contributed by atoms with Crippen LogP contribution in [0.3, 0.4) is 0 Å². The summed E-state index contributed by atoms with van der Waals surface area (Å²) in [5.74, 6) is 4.15. The maximum atomic E-state index is 11.9. The predicted octanol–water partition coefficient (Wildman–Crippen LogP) is 17.0. The van der Waals surface area contributed by atoms with E-state index >= 15 is 0 Å². The van der Waals surface area contributed by atoms with E-state index in [9.17, 15) is 9.90 Å². The molecule has 0 saturated carbocycles. The molecule has 2 aromatic heterocycles. The Bertz CT molecular complexity index is 4320. The minimum Gasteiger partial charge on any atom is -0.497 e. The van der Waals surface area contributed by atoms with Crippen LogP contribution in [0.5, 0.6) is 34.5 Å². The van der Waals surface area contributed by atoms with Crippen molar-refractivity contribution >= 4 is 5.97 Å². The smallest absolute Gasteiger partial charge is 0.337 e. The molecule has 2 heterocycles. The van der Waals surface area contributed by atoms with Crippen LogP contribution in [0.25, 0.3) is 22.5 Å². The Labute approximate surface area is 560 Å². The summed E-state index contributed by atoms with van der Waals surface area (Å²) in [6.45, 7) is 1.34. The van der Waals surface area contributed by atoms with Gasteiger partial charge in [-0.3, -0.25) is 9.97 Å². The number of aliphatic hydroxyl groups is 1. The minimum atomic E-state index is -0.930. The third kappa shape index (κ3) is 15.8. The van der Waals surface area contributed by atoms with Gasteiger partial charge in [-0.1, -0.05) is 182 Å². The number of hydrogen-bond acceptors (Lipinski definition) is 13. The molecule has 10 aromatic carbocycles. The third-order valence-corrected chi connectivity index (χ3v) is 16.5. The van der Waals surface area contributed by atoms with Crippen LogP contribution < -0.4 is 28.4 Å². The van der Waals surface area contributed by atoms with Crippen molar-refractivity contribution in [1.82, 2.24) is 9.97 Å². The molecule has 0 unspecified atom stereocenters. The molecular weight excluding hydrogens is 1200 g/mol. The van der Waals surface area contributed by atoms with Gasteiger partial charge in [0.05, 0.1) is 72.3 Å². The summed E-state index contributed by atoms with van der Waals surface area (Å²) in [5, 5.41) is 9.43. The van der Waals surface area contributed by atoms with E-state index < -0.39 is 11.2 Å². The zero-order chi connectivity index (χ0) is 66.5. The van der Waals surface area contributed by atoms with Crippen molar-refractivity contribution in [3.63, 3.8) is 0 Å². The molecule has 0 aliphatic carbocycles. The average Bonchev–Trinajstić information content (AvgIpc) is 0.762. The standard InChI is InChI=1S/C42H37NO6.C41H37NO5/c1-45-37-20-16-35(17-21-37)42(34-12-5-4-6-13-34,36-18-22-38(46-2)23-19-36)49-29-31-15-24-40(43-27-31)32-10-8-14-39(26-32)48-28-30-9-7-11-33(25-30)41(44)47-3;1-44-37-19-15-35(16-20-37)41(34-11-4-3-5-12-34,36-17-21-38(45-2)22-18-36)47-29-32-14-23-40(42-26-32)33-10-7-13-39(25-33)46-28-31-9-6-8-30(24-31)27-43/h4-27H,28-29H2,1-3H3;3-26,43H,27-29H2,1-2H3. The molecule has 12 rings (SSSR count). The number of methoxy groups -OCH3 is 5. The fraction of sp³-hybridized carbons (Fsp3) is 0.145. The fourth-order valence-corrected chi connectivity index (χ4v) is 11.4. The Morgan fingerprint density at radius 1 is 0.333 bits per heavy atom. The summed E-state index contributed by atoms with van der Waals surface area (Å²) in [4.78, 5) is 21.5. The number of ether oxygens (including phenoxy) is 9. The molecule has 0 aliphatic heterocycles. The highest BCUT2D eigenvalue weighted by Crippen LogP contribution is 2.44. The highest BCUT2D eigenvalue weighted by atomic mass is 16.5. The fourth-order valence-electron chi connectivity index (χ4n) is 11.4. The van der Waals surface area contributed by atoms with E-state index in [-0.39, 0.29) is 12.6 Å². The lowest BCUT2D eigenvalue weighted by atomic mass is 9.80. The Morgan fingerprint density at radius 2 is 0.698 bits per heavy atom. The molecule has 0 bridgehead atoms. The van der Waals surface area contributed by atoms with Crippen molar-refractivity contribution in [2.45, 2.75) is 44.2 Å². The highest BCUT2D eigenvalue weighted by molar-refractivity contribution is 5.89.